The second-order valence-electron chi connectivity index (χ2n) is 5.43. The third-order valence-electron chi connectivity index (χ3n) is 3.99. The third kappa shape index (κ3) is 3.14. The highest BCUT2D eigenvalue weighted by Gasteiger charge is 2.21. The summed E-state index contributed by atoms with van der Waals surface area (Å²) in [5, 5.41) is 12.6. The molecule has 1 fully saturated rings. The summed E-state index contributed by atoms with van der Waals surface area (Å²) >= 11 is 0. The zero-order valence-corrected chi connectivity index (χ0v) is 11.9. The maximum Gasteiger partial charge on any atom is 0.123 e. The molecule has 3 rings (SSSR count). The number of imidazole rings is 1. The minimum absolute atomic E-state index is 0.0944. The van der Waals surface area contributed by atoms with Crippen molar-refractivity contribution in [3.05, 3.63) is 42.1 Å². The molecule has 112 valence electrons. The summed E-state index contributed by atoms with van der Waals surface area (Å²) < 4.78 is 15.1. The van der Waals surface area contributed by atoms with Crippen LogP contribution in [-0.2, 0) is 6.54 Å². The molecule has 2 N–H and O–H groups in total. The Bertz CT molecular complexity index is 588. The molecule has 0 unspecified atom stereocenters. The Hall–Kier alpha value is -1.72. The van der Waals surface area contributed by atoms with E-state index in [-0.39, 0.29) is 12.4 Å². The van der Waals surface area contributed by atoms with E-state index in [1.54, 1.807) is 12.1 Å². The summed E-state index contributed by atoms with van der Waals surface area (Å²) in [5.41, 5.74) is 1.75. The lowest BCUT2D eigenvalue weighted by Gasteiger charge is -2.22. The lowest BCUT2D eigenvalue weighted by molar-refractivity contribution is 0.271. The number of nitrogens with one attached hydrogen (secondary N) is 1. The first-order chi connectivity index (χ1) is 10.3. The zero-order valence-electron chi connectivity index (χ0n) is 11.9. The Labute approximate surface area is 123 Å². The minimum atomic E-state index is -0.243. The predicted molar refractivity (Wildman–Crippen MR) is 79.6 cm³/mol. The van der Waals surface area contributed by atoms with Gasteiger partial charge in [-0.15, -0.1) is 0 Å². The van der Waals surface area contributed by atoms with Gasteiger partial charge in [-0.25, -0.2) is 9.37 Å². The first kappa shape index (κ1) is 14.2. The molecule has 4 nitrogen and oxygen atoms in total. The van der Waals surface area contributed by atoms with Crippen molar-refractivity contribution in [3.63, 3.8) is 0 Å². The monoisotopic (exact) mass is 289 g/mol. The van der Waals surface area contributed by atoms with Gasteiger partial charge in [0.1, 0.15) is 11.6 Å². The van der Waals surface area contributed by atoms with Gasteiger partial charge in [0.25, 0.3) is 0 Å². The van der Waals surface area contributed by atoms with E-state index in [1.165, 1.54) is 12.1 Å². The van der Waals surface area contributed by atoms with Gasteiger partial charge in [-0.1, -0.05) is 0 Å². The molecule has 1 aromatic carbocycles. The fourth-order valence-corrected chi connectivity index (χ4v) is 2.88. The molecule has 2 heterocycles. The molecular formula is C16H20FN3O. The first-order valence-electron chi connectivity index (χ1n) is 7.42. The number of aromatic nitrogens is 2. The maximum atomic E-state index is 13.0. The van der Waals surface area contributed by atoms with Gasteiger partial charge in [0.05, 0.1) is 12.3 Å². The molecule has 1 aliphatic heterocycles. The summed E-state index contributed by atoms with van der Waals surface area (Å²) in [5.74, 6) is 1.21. The quantitative estimate of drug-likeness (QED) is 0.907. The van der Waals surface area contributed by atoms with Crippen molar-refractivity contribution >= 4 is 0 Å². The number of hydrogen-bond acceptors (Lipinski definition) is 3. The van der Waals surface area contributed by atoms with Crippen LogP contribution in [0.1, 0.15) is 24.6 Å². The van der Waals surface area contributed by atoms with Gasteiger partial charge in [0, 0.05) is 24.2 Å². The molecule has 0 atom stereocenters. The smallest absolute Gasteiger partial charge is 0.123 e. The van der Waals surface area contributed by atoms with Crippen LogP contribution in [0, 0.1) is 5.82 Å². The summed E-state index contributed by atoms with van der Waals surface area (Å²) in [6.07, 6.45) is 4.08. The molecule has 1 aromatic heterocycles. The Balaban J connectivity index is 1.93. The van der Waals surface area contributed by atoms with Gasteiger partial charge in [0.2, 0.25) is 0 Å². The van der Waals surface area contributed by atoms with Crippen molar-refractivity contribution < 1.29 is 9.50 Å². The van der Waals surface area contributed by atoms with Crippen LogP contribution in [-0.4, -0.2) is 34.4 Å². The normalized spacial score (nSPS) is 16.3. The van der Waals surface area contributed by atoms with Crippen LogP contribution in [0.4, 0.5) is 4.39 Å². The molecular weight excluding hydrogens is 269 g/mol. The molecule has 5 heteroatoms. The SMILES string of the molecule is OCCn1cc(-c2ccc(F)cc2)nc1C1CCNCC1. The molecule has 0 saturated carbocycles. The molecule has 21 heavy (non-hydrogen) atoms. The van der Waals surface area contributed by atoms with Crippen molar-refractivity contribution in [2.24, 2.45) is 0 Å². The van der Waals surface area contributed by atoms with E-state index in [4.69, 9.17) is 4.98 Å². The maximum absolute atomic E-state index is 13.0. The van der Waals surface area contributed by atoms with E-state index in [2.05, 4.69) is 5.32 Å². The van der Waals surface area contributed by atoms with Crippen LogP contribution in [0.2, 0.25) is 0 Å². The van der Waals surface area contributed by atoms with E-state index in [9.17, 15) is 9.50 Å². The van der Waals surface area contributed by atoms with E-state index < -0.39 is 0 Å². The molecule has 2 aromatic rings. The number of hydrogen-bond donors (Lipinski definition) is 2. The number of aliphatic hydroxyl groups excluding tert-OH is 1. The van der Waals surface area contributed by atoms with Gasteiger partial charge in [-0.3, -0.25) is 0 Å². The standard InChI is InChI=1S/C16H20FN3O/c17-14-3-1-12(2-4-14)15-11-20(9-10-21)16(19-15)13-5-7-18-8-6-13/h1-4,11,13,18,21H,5-10H2. The minimum Gasteiger partial charge on any atom is -0.395 e. The Kier molecular flexibility index (Phi) is 4.31. The van der Waals surface area contributed by atoms with E-state index in [0.717, 1.165) is 43.0 Å². The van der Waals surface area contributed by atoms with Gasteiger partial charge < -0.3 is 15.0 Å². The topological polar surface area (TPSA) is 50.1 Å². The lowest BCUT2D eigenvalue weighted by atomic mass is 9.97. The third-order valence-corrected chi connectivity index (χ3v) is 3.99. The van der Waals surface area contributed by atoms with Crippen molar-refractivity contribution in [3.8, 4) is 11.3 Å². The van der Waals surface area contributed by atoms with Crippen LogP contribution >= 0.6 is 0 Å². The molecule has 0 amide bonds. The summed E-state index contributed by atoms with van der Waals surface area (Å²) in [6.45, 7) is 2.65. The van der Waals surface area contributed by atoms with Crippen molar-refractivity contribution in [1.82, 2.24) is 14.9 Å². The van der Waals surface area contributed by atoms with E-state index in [0.29, 0.717) is 12.5 Å². The molecule has 0 spiro atoms. The van der Waals surface area contributed by atoms with E-state index >= 15 is 0 Å². The zero-order chi connectivity index (χ0) is 14.7. The summed E-state index contributed by atoms with van der Waals surface area (Å²) in [4.78, 5) is 4.75. The van der Waals surface area contributed by atoms with Gasteiger partial charge >= 0.3 is 0 Å². The number of nitrogens with zero attached hydrogens (tertiary/aromatic N) is 2. The second kappa shape index (κ2) is 6.37. The lowest BCUT2D eigenvalue weighted by Crippen LogP contribution is -2.28. The molecule has 0 radical (unpaired) electrons. The second-order valence-corrected chi connectivity index (χ2v) is 5.43. The Morgan fingerprint density at radius 3 is 2.62 bits per heavy atom. The van der Waals surface area contributed by atoms with Gasteiger partial charge in [0.15, 0.2) is 0 Å². The van der Waals surface area contributed by atoms with Crippen LogP contribution in [0.5, 0.6) is 0 Å². The van der Waals surface area contributed by atoms with Crippen LogP contribution in [0.3, 0.4) is 0 Å². The predicted octanol–water partition coefficient (Wildman–Crippen LogP) is 2.15. The van der Waals surface area contributed by atoms with E-state index in [1.807, 2.05) is 10.8 Å². The average Bonchev–Trinajstić information content (AvgIpc) is 2.93. The van der Waals surface area contributed by atoms with Crippen molar-refractivity contribution in [2.45, 2.75) is 25.3 Å². The number of halogens is 1. The van der Waals surface area contributed by atoms with Gasteiger partial charge in [-0.05, 0) is 50.2 Å². The highest BCUT2D eigenvalue weighted by molar-refractivity contribution is 5.58. The molecule has 1 saturated heterocycles. The van der Waals surface area contributed by atoms with Crippen LogP contribution in [0.15, 0.2) is 30.5 Å². The molecule has 0 aliphatic carbocycles. The number of rotatable bonds is 4. The highest BCUT2D eigenvalue weighted by Crippen LogP contribution is 2.28. The summed E-state index contributed by atoms with van der Waals surface area (Å²) in [6, 6.07) is 6.38. The number of aliphatic hydroxyl groups is 1. The van der Waals surface area contributed by atoms with Crippen molar-refractivity contribution in [2.75, 3.05) is 19.7 Å². The fourth-order valence-electron chi connectivity index (χ4n) is 2.88. The Morgan fingerprint density at radius 1 is 1.24 bits per heavy atom. The van der Waals surface area contributed by atoms with Crippen LogP contribution in [0.25, 0.3) is 11.3 Å². The highest BCUT2D eigenvalue weighted by atomic mass is 19.1. The van der Waals surface area contributed by atoms with Gasteiger partial charge in [-0.2, -0.15) is 0 Å². The molecule has 1 aliphatic rings. The first-order valence-corrected chi connectivity index (χ1v) is 7.42. The average molecular weight is 289 g/mol. The fraction of sp³-hybridized carbons (Fsp3) is 0.438. The number of piperidine rings is 1. The van der Waals surface area contributed by atoms with Crippen LogP contribution < -0.4 is 5.32 Å². The summed E-state index contributed by atoms with van der Waals surface area (Å²) in [7, 11) is 0. The van der Waals surface area contributed by atoms with Crippen molar-refractivity contribution in [1.29, 1.82) is 0 Å². The Morgan fingerprint density at radius 2 is 1.95 bits per heavy atom. The number of benzene rings is 1. The largest absolute Gasteiger partial charge is 0.395 e. The molecule has 0 bridgehead atoms.